The van der Waals surface area contributed by atoms with Crippen LogP contribution in [-0.4, -0.2) is 29.8 Å². The Hall–Kier alpha value is -2.35. The molecule has 2 amide bonds. The molecule has 1 aliphatic heterocycles. The zero-order valence-corrected chi connectivity index (χ0v) is 14.1. The molecular weight excluding hydrogens is 353 g/mol. The summed E-state index contributed by atoms with van der Waals surface area (Å²) in [6.45, 7) is 2.57. The van der Waals surface area contributed by atoms with Gasteiger partial charge in [0.1, 0.15) is 0 Å². The van der Waals surface area contributed by atoms with Crippen molar-refractivity contribution in [1.29, 1.82) is 0 Å². The summed E-state index contributed by atoms with van der Waals surface area (Å²) in [5.41, 5.74) is -0.153. The number of hydrogen-bond acceptors (Lipinski definition) is 3. The SMILES string of the molecule is Cc1ccc(C(=O)N2CC[C@H](C(=O)Nc3cc(F)c(F)c(F)c3)C2)s1. The van der Waals surface area contributed by atoms with Crippen molar-refractivity contribution in [3.05, 3.63) is 51.5 Å². The van der Waals surface area contributed by atoms with Crippen molar-refractivity contribution in [2.75, 3.05) is 18.4 Å². The van der Waals surface area contributed by atoms with E-state index >= 15 is 0 Å². The van der Waals surface area contributed by atoms with Crippen molar-refractivity contribution < 1.29 is 22.8 Å². The van der Waals surface area contributed by atoms with Gasteiger partial charge >= 0.3 is 0 Å². The molecule has 1 saturated heterocycles. The summed E-state index contributed by atoms with van der Waals surface area (Å²) in [5.74, 6) is -5.39. The fraction of sp³-hybridized carbons (Fsp3) is 0.294. The standard InChI is InChI=1S/C17H15F3N2O2S/c1-9-2-3-14(25-9)17(24)22-5-4-10(8-22)16(23)21-11-6-12(18)15(20)13(19)7-11/h2-3,6-7,10H,4-5,8H2,1H3,(H,21,23)/t10-/m0/s1. The molecule has 4 nitrogen and oxygen atoms in total. The first-order valence-corrected chi connectivity index (χ1v) is 8.48. The molecule has 1 fully saturated rings. The number of nitrogens with one attached hydrogen (secondary N) is 1. The number of thiophene rings is 1. The number of aryl methyl sites for hydroxylation is 1. The van der Waals surface area contributed by atoms with E-state index in [0.29, 0.717) is 17.8 Å². The Balaban J connectivity index is 1.64. The maximum absolute atomic E-state index is 13.2. The molecular formula is C17H15F3N2O2S. The Morgan fingerprint density at radius 3 is 2.48 bits per heavy atom. The lowest BCUT2D eigenvalue weighted by molar-refractivity contribution is -0.119. The first-order chi connectivity index (χ1) is 11.8. The van der Waals surface area contributed by atoms with Gasteiger partial charge in [-0.1, -0.05) is 0 Å². The maximum Gasteiger partial charge on any atom is 0.263 e. The molecule has 1 aliphatic rings. The van der Waals surface area contributed by atoms with Gasteiger partial charge in [0.05, 0.1) is 10.8 Å². The summed E-state index contributed by atoms with van der Waals surface area (Å²) < 4.78 is 39.4. The van der Waals surface area contributed by atoms with E-state index in [9.17, 15) is 22.8 Å². The Labute approximate surface area is 146 Å². The van der Waals surface area contributed by atoms with Crippen molar-refractivity contribution in [2.24, 2.45) is 5.92 Å². The Bertz CT molecular complexity index is 814. The van der Waals surface area contributed by atoms with Gasteiger partial charge in [-0.2, -0.15) is 0 Å². The molecule has 0 spiro atoms. The van der Waals surface area contributed by atoms with E-state index < -0.39 is 29.3 Å². The number of nitrogens with zero attached hydrogens (tertiary/aromatic N) is 1. The summed E-state index contributed by atoms with van der Waals surface area (Å²) in [5, 5.41) is 2.38. The third kappa shape index (κ3) is 3.68. The van der Waals surface area contributed by atoms with Gasteiger partial charge in [-0.05, 0) is 25.5 Å². The fourth-order valence-corrected chi connectivity index (χ4v) is 3.57. The van der Waals surface area contributed by atoms with Gasteiger partial charge in [0.15, 0.2) is 17.5 Å². The molecule has 0 bridgehead atoms. The van der Waals surface area contributed by atoms with E-state index in [1.807, 2.05) is 13.0 Å². The van der Waals surface area contributed by atoms with Crippen molar-refractivity contribution in [3.63, 3.8) is 0 Å². The fourth-order valence-electron chi connectivity index (χ4n) is 2.74. The minimum Gasteiger partial charge on any atom is -0.337 e. The molecule has 132 valence electrons. The minimum absolute atomic E-state index is 0.132. The lowest BCUT2D eigenvalue weighted by Crippen LogP contribution is -2.31. The molecule has 0 saturated carbocycles. The highest BCUT2D eigenvalue weighted by Gasteiger charge is 2.32. The second kappa shape index (κ2) is 6.87. The highest BCUT2D eigenvalue weighted by Crippen LogP contribution is 2.24. The third-order valence-electron chi connectivity index (χ3n) is 4.05. The highest BCUT2D eigenvalue weighted by molar-refractivity contribution is 7.13. The number of carbonyl (C=O) groups is 2. The first-order valence-electron chi connectivity index (χ1n) is 7.66. The molecule has 1 atom stereocenters. The van der Waals surface area contributed by atoms with Gasteiger partial charge in [-0.15, -0.1) is 11.3 Å². The predicted octanol–water partition coefficient (Wildman–Crippen LogP) is 3.57. The number of benzene rings is 1. The zero-order valence-electron chi connectivity index (χ0n) is 13.3. The minimum atomic E-state index is -1.58. The molecule has 2 heterocycles. The number of anilines is 1. The number of halogens is 3. The van der Waals surface area contributed by atoms with Crippen molar-refractivity contribution in [2.45, 2.75) is 13.3 Å². The summed E-state index contributed by atoms with van der Waals surface area (Å²) in [4.78, 5) is 27.8. The molecule has 0 radical (unpaired) electrons. The zero-order chi connectivity index (χ0) is 18.1. The van der Waals surface area contributed by atoms with Crippen LogP contribution in [-0.2, 0) is 4.79 Å². The van der Waals surface area contributed by atoms with Gasteiger partial charge in [0.25, 0.3) is 5.91 Å². The third-order valence-corrected chi connectivity index (χ3v) is 5.04. The molecule has 1 N–H and O–H groups in total. The van der Waals surface area contributed by atoms with Crippen molar-refractivity contribution in [1.82, 2.24) is 4.90 Å². The highest BCUT2D eigenvalue weighted by atomic mass is 32.1. The topological polar surface area (TPSA) is 49.4 Å². The predicted molar refractivity (Wildman–Crippen MR) is 88.0 cm³/mol. The van der Waals surface area contributed by atoms with Crippen molar-refractivity contribution >= 4 is 28.8 Å². The van der Waals surface area contributed by atoms with Crippen LogP contribution >= 0.6 is 11.3 Å². The molecule has 0 unspecified atom stereocenters. The molecule has 2 aromatic rings. The van der Waals surface area contributed by atoms with E-state index in [1.54, 1.807) is 11.0 Å². The lowest BCUT2D eigenvalue weighted by Gasteiger charge is -2.15. The Morgan fingerprint density at radius 2 is 1.88 bits per heavy atom. The van der Waals surface area contributed by atoms with E-state index in [4.69, 9.17) is 0 Å². The van der Waals surface area contributed by atoms with Crippen LogP contribution in [0.3, 0.4) is 0 Å². The van der Waals surface area contributed by atoms with Crippen LogP contribution in [0.4, 0.5) is 18.9 Å². The first kappa shape index (κ1) is 17.5. The summed E-state index contributed by atoms with van der Waals surface area (Å²) in [7, 11) is 0. The average molecular weight is 368 g/mol. The van der Waals surface area contributed by atoms with Crippen LogP contribution in [0.5, 0.6) is 0 Å². The number of carbonyl (C=O) groups excluding carboxylic acids is 2. The van der Waals surface area contributed by atoms with Gasteiger partial charge < -0.3 is 10.2 Å². The van der Waals surface area contributed by atoms with Crippen LogP contribution in [0.25, 0.3) is 0 Å². The molecule has 1 aromatic heterocycles. The van der Waals surface area contributed by atoms with Gasteiger partial charge in [-0.3, -0.25) is 9.59 Å². The largest absolute Gasteiger partial charge is 0.337 e. The molecule has 25 heavy (non-hydrogen) atoms. The van der Waals surface area contributed by atoms with Crippen LogP contribution in [0.15, 0.2) is 24.3 Å². The smallest absolute Gasteiger partial charge is 0.263 e. The summed E-state index contributed by atoms with van der Waals surface area (Å²) >= 11 is 1.39. The van der Waals surface area contributed by atoms with Gasteiger partial charge in [0.2, 0.25) is 5.91 Å². The average Bonchev–Trinajstić information content (AvgIpc) is 3.21. The van der Waals surface area contributed by atoms with Crippen LogP contribution < -0.4 is 5.32 Å². The molecule has 0 aliphatic carbocycles. The quantitative estimate of drug-likeness (QED) is 0.842. The summed E-state index contributed by atoms with van der Waals surface area (Å²) in [6.07, 6.45) is 0.452. The van der Waals surface area contributed by atoms with Crippen molar-refractivity contribution in [3.8, 4) is 0 Å². The van der Waals surface area contributed by atoms with Crippen LogP contribution in [0, 0.1) is 30.3 Å². The normalized spacial score (nSPS) is 17.0. The molecule has 8 heteroatoms. The van der Waals surface area contributed by atoms with Crippen LogP contribution in [0.2, 0.25) is 0 Å². The number of likely N-dealkylation sites (tertiary alicyclic amines) is 1. The molecule has 3 rings (SSSR count). The summed E-state index contributed by atoms with van der Waals surface area (Å²) in [6, 6.07) is 5.06. The second-order valence-electron chi connectivity index (χ2n) is 5.89. The molecule has 1 aromatic carbocycles. The number of hydrogen-bond donors (Lipinski definition) is 1. The Morgan fingerprint density at radius 1 is 1.20 bits per heavy atom. The monoisotopic (exact) mass is 368 g/mol. The lowest BCUT2D eigenvalue weighted by atomic mass is 10.1. The van der Waals surface area contributed by atoms with Crippen LogP contribution in [0.1, 0.15) is 21.0 Å². The maximum atomic E-state index is 13.2. The van der Waals surface area contributed by atoms with E-state index in [2.05, 4.69) is 5.32 Å². The van der Waals surface area contributed by atoms with Gasteiger partial charge in [-0.25, -0.2) is 13.2 Å². The van der Waals surface area contributed by atoms with Gasteiger partial charge in [0, 0.05) is 35.8 Å². The number of rotatable bonds is 3. The van der Waals surface area contributed by atoms with E-state index in [0.717, 1.165) is 17.0 Å². The second-order valence-corrected chi connectivity index (χ2v) is 7.18. The van der Waals surface area contributed by atoms with E-state index in [1.165, 1.54) is 11.3 Å². The Kier molecular flexibility index (Phi) is 4.80. The number of amides is 2. The van der Waals surface area contributed by atoms with E-state index in [-0.39, 0.29) is 18.1 Å².